The lowest BCUT2D eigenvalue weighted by atomic mass is 10.1. The average Bonchev–Trinajstić information content (AvgIpc) is 2.71. The molecule has 5 heteroatoms. The molecule has 0 bridgehead atoms. The number of ether oxygens (including phenoxy) is 1. The number of hydrogen-bond donors (Lipinski definition) is 3. The molecule has 0 aromatic carbocycles. The first-order valence-electron chi connectivity index (χ1n) is 4.25. The molecule has 1 aromatic rings. The number of H-pyrrole nitrogens is 1. The second-order valence-corrected chi connectivity index (χ2v) is 3.16. The molecule has 1 aliphatic rings. The molecule has 0 radical (unpaired) electrons. The lowest BCUT2D eigenvalue weighted by Gasteiger charge is -2.10. The minimum absolute atomic E-state index is 0.147. The summed E-state index contributed by atoms with van der Waals surface area (Å²) in [7, 11) is 0. The minimum atomic E-state index is -0.585. The molecule has 2 rings (SSSR count). The SMILES string of the molecule is OC[C@H]1O[C@@H](c2ccn[nH]2)C[C@@H]1O. The summed E-state index contributed by atoms with van der Waals surface area (Å²) in [6.07, 6.45) is 0.923. The maximum absolute atomic E-state index is 9.44. The molecular weight excluding hydrogens is 172 g/mol. The number of aliphatic hydroxyl groups is 2. The third-order valence-corrected chi connectivity index (χ3v) is 2.27. The van der Waals surface area contributed by atoms with Crippen molar-refractivity contribution < 1.29 is 14.9 Å². The smallest absolute Gasteiger partial charge is 0.107 e. The highest BCUT2D eigenvalue weighted by Gasteiger charge is 2.34. The van der Waals surface area contributed by atoms with Crippen LogP contribution in [0.25, 0.3) is 0 Å². The second kappa shape index (κ2) is 3.45. The number of aromatic amines is 1. The van der Waals surface area contributed by atoms with E-state index in [-0.39, 0.29) is 12.7 Å². The van der Waals surface area contributed by atoms with Crippen molar-refractivity contribution in [2.75, 3.05) is 6.61 Å². The summed E-state index contributed by atoms with van der Waals surface area (Å²) in [5.74, 6) is 0. The van der Waals surface area contributed by atoms with Crippen LogP contribution in [0.1, 0.15) is 18.2 Å². The zero-order valence-electron chi connectivity index (χ0n) is 7.05. The van der Waals surface area contributed by atoms with Crippen LogP contribution in [0.4, 0.5) is 0 Å². The fraction of sp³-hybridized carbons (Fsp3) is 0.625. The molecule has 0 unspecified atom stereocenters. The zero-order chi connectivity index (χ0) is 9.26. The quantitative estimate of drug-likeness (QED) is 0.584. The van der Waals surface area contributed by atoms with E-state index in [1.54, 1.807) is 12.3 Å². The van der Waals surface area contributed by atoms with Crippen molar-refractivity contribution in [3.8, 4) is 0 Å². The van der Waals surface area contributed by atoms with Gasteiger partial charge in [-0.25, -0.2) is 0 Å². The molecule has 1 aromatic heterocycles. The van der Waals surface area contributed by atoms with Crippen molar-refractivity contribution in [2.24, 2.45) is 0 Å². The van der Waals surface area contributed by atoms with Crippen LogP contribution in [0.3, 0.4) is 0 Å². The summed E-state index contributed by atoms with van der Waals surface area (Å²) in [6.45, 7) is -0.147. The average molecular weight is 184 g/mol. The predicted octanol–water partition coefficient (Wildman–Crippen LogP) is -0.407. The molecule has 5 nitrogen and oxygen atoms in total. The Morgan fingerprint density at radius 1 is 1.69 bits per heavy atom. The maximum Gasteiger partial charge on any atom is 0.107 e. The van der Waals surface area contributed by atoms with Crippen LogP contribution in [-0.4, -0.2) is 39.2 Å². The molecule has 3 N–H and O–H groups in total. The van der Waals surface area contributed by atoms with E-state index in [4.69, 9.17) is 9.84 Å². The van der Waals surface area contributed by atoms with E-state index in [0.29, 0.717) is 6.42 Å². The lowest BCUT2D eigenvalue weighted by molar-refractivity contribution is -0.0235. The number of nitrogens with one attached hydrogen (secondary N) is 1. The van der Waals surface area contributed by atoms with Crippen LogP contribution in [0.5, 0.6) is 0 Å². The number of aromatic nitrogens is 2. The summed E-state index contributed by atoms with van der Waals surface area (Å²) >= 11 is 0. The summed E-state index contributed by atoms with van der Waals surface area (Å²) < 4.78 is 5.40. The van der Waals surface area contributed by atoms with E-state index in [9.17, 15) is 5.11 Å². The topological polar surface area (TPSA) is 78.4 Å². The molecule has 1 aliphatic heterocycles. The van der Waals surface area contributed by atoms with Crippen LogP contribution in [0, 0.1) is 0 Å². The van der Waals surface area contributed by atoms with Gasteiger partial charge in [0.25, 0.3) is 0 Å². The highest BCUT2D eigenvalue weighted by molar-refractivity contribution is 5.05. The van der Waals surface area contributed by atoms with E-state index in [1.807, 2.05) is 0 Å². The number of nitrogens with zero attached hydrogens (tertiary/aromatic N) is 1. The number of aliphatic hydroxyl groups excluding tert-OH is 2. The Morgan fingerprint density at radius 2 is 2.54 bits per heavy atom. The van der Waals surface area contributed by atoms with E-state index >= 15 is 0 Å². The summed E-state index contributed by atoms with van der Waals surface area (Å²) in [6, 6.07) is 1.80. The van der Waals surface area contributed by atoms with Crippen LogP contribution >= 0.6 is 0 Å². The van der Waals surface area contributed by atoms with Crippen molar-refractivity contribution in [3.63, 3.8) is 0 Å². The Labute approximate surface area is 75.3 Å². The first kappa shape index (κ1) is 8.68. The Morgan fingerprint density at radius 3 is 3.08 bits per heavy atom. The van der Waals surface area contributed by atoms with Gasteiger partial charge in [0.05, 0.1) is 18.4 Å². The summed E-state index contributed by atoms with van der Waals surface area (Å²) in [4.78, 5) is 0. The highest BCUT2D eigenvalue weighted by Crippen LogP contribution is 2.31. The fourth-order valence-electron chi connectivity index (χ4n) is 1.54. The summed E-state index contributed by atoms with van der Waals surface area (Å²) in [5, 5.41) is 24.8. The van der Waals surface area contributed by atoms with Crippen molar-refractivity contribution >= 4 is 0 Å². The molecule has 0 amide bonds. The van der Waals surface area contributed by atoms with Gasteiger partial charge in [-0.05, 0) is 6.07 Å². The molecule has 1 fully saturated rings. The van der Waals surface area contributed by atoms with Gasteiger partial charge < -0.3 is 14.9 Å². The maximum atomic E-state index is 9.44. The first-order valence-corrected chi connectivity index (χ1v) is 4.25. The van der Waals surface area contributed by atoms with E-state index in [2.05, 4.69) is 10.2 Å². The Balaban J connectivity index is 2.05. The Kier molecular flexibility index (Phi) is 2.30. The minimum Gasteiger partial charge on any atom is -0.394 e. The molecule has 2 heterocycles. The van der Waals surface area contributed by atoms with E-state index in [0.717, 1.165) is 5.69 Å². The number of hydrogen-bond acceptors (Lipinski definition) is 4. The standard InChI is InChI=1S/C8H12N2O3/c11-4-8-6(12)3-7(13-8)5-1-2-9-10-5/h1-2,6-8,11-12H,3-4H2,(H,9,10)/t6-,7+,8+/m0/s1. The molecular formula is C8H12N2O3. The van der Waals surface area contributed by atoms with Crippen LogP contribution in [0.15, 0.2) is 12.3 Å². The van der Waals surface area contributed by atoms with Crippen molar-refractivity contribution in [3.05, 3.63) is 18.0 Å². The van der Waals surface area contributed by atoms with Crippen LogP contribution in [0.2, 0.25) is 0 Å². The van der Waals surface area contributed by atoms with Gasteiger partial charge in [-0.1, -0.05) is 0 Å². The van der Waals surface area contributed by atoms with Crippen molar-refractivity contribution in [1.29, 1.82) is 0 Å². The Bertz CT molecular complexity index is 262. The monoisotopic (exact) mass is 184 g/mol. The highest BCUT2D eigenvalue weighted by atomic mass is 16.5. The van der Waals surface area contributed by atoms with Gasteiger partial charge in [0.15, 0.2) is 0 Å². The zero-order valence-corrected chi connectivity index (χ0v) is 7.05. The third kappa shape index (κ3) is 1.58. The van der Waals surface area contributed by atoms with Gasteiger partial charge in [0.2, 0.25) is 0 Å². The Hall–Kier alpha value is -0.910. The van der Waals surface area contributed by atoms with Gasteiger partial charge >= 0.3 is 0 Å². The molecule has 1 saturated heterocycles. The normalized spacial score (nSPS) is 33.8. The fourth-order valence-corrected chi connectivity index (χ4v) is 1.54. The second-order valence-electron chi connectivity index (χ2n) is 3.16. The lowest BCUT2D eigenvalue weighted by Crippen LogP contribution is -2.24. The molecule has 3 atom stereocenters. The predicted molar refractivity (Wildman–Crippen MR) is 43.9 cm³/mol. The first-order chi connectivity index (χ1) is 6.31. The van der Waals surface area contributed by atoms with Gasteiger partial charge in [-0.15, -0.1) is 0 Å². The number of rotatable bonds is 2. The van der Waals surface area contributed by atoms with E-state index in [1.165, 1.54) is 0 Å². The summed E-state index contributed by atoms with van der Waals surface area (Å²) in [5.41, 5.74) is 0.843. The van der Waals surface area contributed by atoms with Gasteiger partial charge in [-0.2, -0.15) is 5.10 Å². The van der Waals surface area contributed by atoms with Gasteiger partial charge in [0, 0.05) is 12.6 Å². The third-order valence-electron chi connectivity index (χ3n) is 2.27. The molecule has 0 saturated carbocycles. The van der Waals surface area contributed by atoms with Crippen molar-refractivity contribution in [1.82, 2.24) is 10.2 Å². The molecule has 72 valence electrons. The van der Waals surface area contributed by atoms with Crippen molar-refractivity contribution in [2.45, 2.75) is 24.7 Å². The van der Waals surface area contributed by atoms with Crippen LogP contribution in [-0.2, 0) is 4.74 Å². The molecule has 13 heavy (non-hydrogen) atoms. The molecule has 0 spiro atoms. The van der Waals surface area contributed by atoms with Crippen LogP contribution < -0.4 is 0 Å². The van der Waals surface area contributed by atoms with Gasteiger partial charge in [-0.3, -0.25) is 5.10 Å². The van der Waals surface area contributed by atoms with Gasteiger partial charge in [0.1, 0.15) is 12.2 Å². The van der Waals surface area contributed by atoms with E-state index < -0.39 is 12.2 Å². The largest absolute Gasteiger partial charge is 0.394 e. The molecule has 0 aliphatic carbocycles.